The fraction of sp³-hybridized carbons (Fsp3) is 0.231. The van der Waals surface area contributed by atoms with Gasteiger partial charge in [0.1, 0.15) is 11.3 Å². The second kappa shape index (κ2) is 4.72. The number of fused-ring (bicyclic) bond motifs is 2. The molecule has 2 aromatic heterocycles. The summed E-state index contributed by atoms with van der Waals surface area (Å²) in [6, 6.07) is 0. The molecule has 0 saturated heterocycles. The lowest BCUT2D eigenvalue weighted by Gasteiger charge is -2.23. The third-order valence-corrected chi connectivity index (χ3v) is 3.22. The van der Waals surface area contributed by atoms with E-state index in [4.69, 9.17) is 4.74 Å². The zero-order valence-corrected chi connectivity index (χ0v) is 12.1. The third-order valence-electron chi connectivity index (χ3n) is 3.22. The van der Waals surface area contributed by atoms with Gasteiger partial charge in [-0.1, -0.05) is 0 Å². The summed E-state index contributed by atoms with van der Waals surface area (Å²) < 4.78 is 6.59. The SMILES string of the molecule is CN(C)C(=O)c1cncc2c1Oc1c(c(=O)[nH]n(C)c1=O)N2. The number of H-pyrrole nitrogens is 1. The Bertz CT molecular complexity index is 896. The van der Waals surface area contributed by atoms with Crippen molar-refractivity contribution >= 4 is 17.3 Å². The first kappa shape index (κ1) is 13.9. The molecule has 0 saturated carbocycles. The lowest BCUT2D eigenvalue weighted by atomic mass is 10.2. The number of carbonyl (C=O) groups is 1. The topological polar surface area (TPSA) is 109 Å². The minimum atomic E-state index is -0.521. The molecule has 3 rings (SSSR count). The molecule has 1 aliphatic rings. The first-order valence-electron chi connectivity index (χ1n) is 6.38. The van der Waals surface area contributed by atoms with Gasteiger partial charge < -0.3 is 15.0 Å². The van der Waals surface area contributed by atoms with E-state index in [0.29, 0.717) is 5.69 Å². The molecule has 114 valence electrons. The van der Waals surface area contributed by atoms with Crippen LogP contribution >= 0.6 is 0 Å². The Hall–Kier alpha value is -3.10. The number of nitrogens with zero attached hydrogens (tertiary/aromatic N) is 3. The van der Waals surface area contributed by atoms with Gasteiger partial charge in [-0.25, -0.2) is 0 Å². The summed E-state index contributed by atoms with van der Waals surface area (Å²) in [7, 11) is 4.59. The largest absolute Gasteiger partial charge is 0.446 e. The van der Waals surface area contributed by atoms with E-state index in [1.54, 1.807) is 14.1 Å². The van der Waals surface area contributed by atoms with Crippen LogP contribution in [0.5, 0.6) is 11.5 Å². The Morgan fingerprint density at radius 3 is 2.68 bits per heavy atom. The standard InChI is InChI=1S/C13H13N5O4/c1-17(2)12(20)6-4-14-5-7-9(6)22-10-8(15-7)11(19)16-18(3)13(10)21/h4-5,15H,1-3H3,(H,16,19). The zero-order chi connectivity index (χ0) is 16.0. The van der Waals surface area contributed by atoms with E-state index >= 15 is 0 Å². The normalized spacial score (nSPS) is 11.8. The molecule has 0 radical (unpaired) electrons. The maximum Gasteiger partial charge on any atom is 0.310 e. The minimum absolute atomic E-state index is 0.00754. The van der Waals surface area contributed by atoms with Crippen LogP contribution in [0.1, 0.15) is 10.4 Å². The van der Waals surface area contributed by atoms with E-state index in [-0.39, 0.29) is 28.7 Å². The van der Waals surface area contributed by atoms with Gasteiger partial charge in [-0.2, -0.15) is 0 Å². The van der Waals surface area contributed by atoms with Gasteiger partial charge in [0.2, 0.25) is 5.75 Å². The smallest absolute Gasteiger partial charge is 0.310 e. The van der Waals surface area contributed by atoms with Crippen LogP contribution in [0.15, 0.2) is 22.0 Å². The molecule has 0 atom stereocenters. The molecule has 2 aromatic rings. The number of nitrogens with one attached hydrogen (secondary N) is 2. The van der Waals surface area contributed by atoms with Crippen LogP contribution in [-0.4, -0.2) is 39.7 Å². The third kappa shape index (κ3) is 1.94. The Morgan fingerprint density at radius 1 is 1.27 bits per heavy atom. The fourth-order valence-electron chi connectivity index (χ4n) is 2.11. The molecule has 1 amide bonds. The summed E-state index contributed by atoms with van der Waals surface area (Å²) in [5.74, 6) is -0.307. The van der Waals surface area contributed by atoms with Gasteiger partial charge in [0, 0.05) is 27.3 Å². The molecule has 0 fully saturated rings. The number of amides is 1. The Morgan fingerprint density at radius 2 is 2.00 bits per heavy atom. The lowest BCUT2D eigenvalue weighted by Crippen LogP contribution is -2.32. The van der Waals surface area contributed by atoms with Crippen molar-refractivity contribution in [1.82, 2.24) is 19.7 Å². The average Bonchev–Trinajstić information content (AvgIpc) is 2.50. The van der Waals surface area contributed by atoms with Crippen molar-refractivity contribution in [3.63, 3.8) is 0 Å². The maximum atomic E-state index is 12.2. The number of aromatic nitrogens is 3. The van der Waals surface area contributed by atoms with Crippen molar-refractivity contribution in [3.05, 3.63) is 38.7 Å². The molecular weight excluding hydrogens is 290 g/mol. The van der Waals surface area contributed by atoms with Gasteiger partial charge in [-0.05, 0) is 0 Å². The van der Waals surface area contributed by atoms with Crippen LogP contribution in [0, 0.1) is 0 Å². The van der Waals surface area contributed by atoms with Gasteiger partial charge in [0.25, 0.3) is 11.5 Å². The van der Waals surface area contributed by atoms with Gasteiger partial charge in [-0.3, -0.25) is 29.1 Å². The van der Waals surface area contributed by atoms with Crippen molar-refractivity contribution in [1.29, 1.82) is 0 Å². The van der Waals surface area contributed by atoms with E-state index in [1.165, 1.54) is 24.3 Å². The molecule has 9 nitrogen and oxygen atoms in total. The van der Waals surface area contributed by atoms with Crippen LogP contribution in [0.2, 0.25) is 0 Å². The number of pyridine rings is 1. The number of anilines is 2. The fourth-order valence-corrected chi connectivity index (χ4v) is 2.11. The lowest BCUT2D eigenvalue weighted by molar-refractivity contribution is 0.0824. The molecule has 1 aliphatic heterocycles. The molecule has 0 unspecified atom stereocenters. The first-order chi connectivity index (χ1) is 10.4. The van der Waals surface area contributed by atoms with Crippen LogP contribution in [0.3, 0.4) is 0 Å². The Kier molecular flexibility index (Phi) is 2.98. The van der Waals surface area contributed by atoms with Gasteiger partial charge in [-0.15, -0.1) is 0 Å². The van der Waals surface area contributed by atoms with Crippen molar-refractivity contribution in [2.75, 3.05) is 19.4 Å². The zero-order valence-electron chi connectivity index (χ0n) is 12.1. The highest BCUT2D eigenvalue weighted by Crippen LogP contribution is 2.39. The summed E-state index contributed by atoms with van der Waals surface area (Å²) in [5, 5.41) is 5.16. The molecule has 2 N–H and O–H groups in total. The summed E-state index contributed by atoms with van der Waals surface area (Å²) in [5.41, 5.74) is -0.492. The molecule has 0 bridgehead atoms. The average molecular weight is 303 g/mol. The number of rotatable bonds is 1. The molecular formula is C13H13N5O4. The number of ether oxygens (including phenoxy) is 1. The van der Waals surface area contributed by atoms with Crippen molar-refractivity contribution in [2.45, 2.75) is 0 Å². The minimum Gasteiger partial charge on any atom is -0.446 e. The summed E-state index contributed by atoms with van der Waals surface area (Å²) >= 11 is 0. The molecule has 22 heavy (non-hydrogen) atoms. The van der Waals surface area contributed by atoms with Crippen LogP contribution in [0.25, 0.3) is 0 Å². The molecule has 0 aromatic carbocycles. The second-order valence-electron chi connectivity index (χ2n) is 5.00. The molecule has 9 heteroatoms. The van der Waals surface area contributed by atoms with Gasteiger partial charge in [0.05, 0.1) is 6.20 Å². The number of hydrogen-bond donors (Lipinski definition) is 2. The molecule has 0 aliphatic carbocycles. The van der Waals surface area contributed by atoms with Crippen LogP contribution in [-0.2, 0) is 7.05 Å². The number of aromatic amines is 1. The van der Waals surface area contributed by atoms with Crippen LogP contribution < -0.4 is 21.2 Å². The van der Waals surface area contributed by atoms with Crippen molar-refractivity contribution in [3.8, 4) is 11.5 Å². The molecule has 0 spiro atoms. The van der Waals surface area contributed by atoms with Crippen molar-refractivity contribution in [2.24, 2.45) is 7.05 Å². The summed E-state index contributed by atoms with van der Waals surface area (Å²) in [4.78, 5) is 41.5. The van der Waals surface area contributed by atoms with Gasteiger partial charge >= 0.3 is 5.56 Å². The molecule has 3 heterocycles. The highest BCUT2D eigenvalue weighted by Gasteiger charge is 2.28. The van der Waals surface area contributed by atoms with Gasteiger partial charge in [0.15, 0.2) is 11.4 Å². The first-order valence-corrected chi connectivity index (χ1v) is 6.38. The second-order valence-corrected chi connectivity index (χ2v) is 5.00. The Balaban J connectivity index is 2.21. The number of aryl methyl sites for hydroxylation is 1. The van der Waals surface area contributed by atoms with E-state index in [0.717, 1.165) is 4.68 Å². The predicted molar refractivity (Wildman–Crippen MR) is 77.9 cm³/mol. The quantitative estimate of drug-likeness (QED) is 0.656. The number of carbonyl (C=O) groups excluding carboxylic acids is 1. The van der Waals surface area contributed by atoms with E-state index in [9.17, 15) is 14.4 Å². The summed E-state index contributed by atoms with van der Waals surface area (Å²) in [6.45, 7) is 0. The van der Waals surface area contributed by atoms with Crippen LogP contribution in [0.4, 0.5) is 11.4 Å². The van der Waals surface area contributed by atoms with E-state index < -0.39 is 11.1 Å². The highest BCUT2D eigenvalue weighted by atomic mass is 16.5. The monoisotopic (exact) mass is 303 g/mol. The number of hydrogen-bond acceptors (Lipinski definition) is 6. The highest BCUT2D eigenvalue weighted by molar-refractivity contribution is 5.99. The predicted octanol–water partition coefficient (Wildman–Crippen LogP) is 0.0197. The van der Waals surface area contributed by atoms with E-state index in [1.807, 2.05) is 0 Å². The Labute approximate surface area is 124 Å². The summed E-state index contributed by atoms with van der Waals surface area (Å²) in [6.07, 6.45) is 2.77. The maximum absolute atomic E-state index is 12.2. The van der Waals surface area contributed by atoms with E-state index in [2.05, 4.69) is 15.4 Å². The van der Waals surface area contributed by atoms with Crippen molar-refractivity contribution < 1.29 is 9.53 Å².